The van der Waals surface area contributed by atoms with E-state index >= 15 is 0 Å². The van der Waals surface area contributed by atoms with E-state index in [1.54, 1.807) is 13.8 Å². The lowest BCUT2D eigenvalue weighted by Crippen LogP contribution is -2.38. The van der Waals surface area contributed by atoms with Crippen molar-refractivity contribution in [3.63, 3.8) is 0 Å². The van der Waals surface area contributed by atoms with Crippen molar-refractivity contribution in [3.05, 3.63) is 58.7 Å². The molecule has 0 unspecified atom stereocenters. The summed E-state index contributed by atoms with van der Waals surface area (Å²) in [4.78, 5) is 23.7. The number of carboxylic acids is 1. The number of ketones is 1. The highest BCUT2D eigenvalue weighted by Gasteiger charge is 2.31. The zero-order chi connectivity index (χ0) is 22.7. The van der Waals surface area contributed by atoms with Crippen LogP contribution in [0.3, 0.4) is 0 Å². The fourth-order valence-electron chi connectivity index (χ4n) is 2.89. The second kappa shape index (κ2) is 8.77. The number of aryl methyl sites for hydroxylation is 3. The van der Waals surface area contributed by atoms with Crippen LogP contribution in [0.5, 0.6) is 11.5 Å². The van der Waals surface area contributed by atoms with Crippen molar-refractivity contribution in [1.82, 2.24) is 0 Å². The summed E-state index contributed by atoms with van der Waals surface area (Å²) in [5.74, 6) is -1.19. The first kappa shape index (κ1) is 23.3. The van der Waals surface area contributed by atoms with Gasteiger partial charge in [0.2, 0.25) is 0 Å². The Bertz CT molecular complexity index is 908. The van der Waals surface area contributed by atoms with Crippen LogP contribution in [0.15, 0.2) is 36.4 Å². The Hall–Kier alpha value is -3.03. The number of hydrogen-bond donors (Lipinski definition) is 1. The van der Waals surface area contributed by atoms with Crippen molar-refractivity contribution in [1.29, 1.82) is 0 Å². The maximum absolute atomic E-state index is 12.4. The van der Waals surface area contributed by atoms with Gasteiger partial charge in [0.1, 0.15) is 11.5 Å². The largest absolute Gasteiger partial charge is 0.573 e. The van der Waals surface area contributed by atoms with E-state index in [1.165, 1.54) is 26.0 Å². The third-order valence-electron chi connectivity index (χ3n) is 4.44. The first-order chi connectivity index (χ1) is 13.8. The molecule has 0 radical (unpaired) electrons. The zero-order valence-corrected chi connectivity index (χ0v) is 17.1. The number of benzene rings is 2. The number of halogens is 3. The fraction of sp³-hybridized carbons (Fsp3) is 0.364. The molecule has 0 saturated carbocycles. The van der Waals surface area contributed by atoms with E-state index in [4.69, 9.17) is 4.74 Å². The van der Waals surface area contributed by atoms with Crippen molar-refractivity contribution >= 4 is 11.8 Å². The summed E-state index contributed by atoms with van der Waals surface area (Å²) in [5.41, 5.74) is 1.28. The molecule has 2 rings (SSSR count). The third kappa shape index (κ3) is 6.23. The summed E-state index contributed by atoms with van der Waals surface area (Å²) in [5, 5.41) is 9.24. The molecule has 0 aliphatic carbocycles. The molecule has 1 N–H and O–H groups in total. The number of rotatable bonds is 8. The van der Waals surface area contributed by atoms with Gasteiger partial charge in [0.25, 0.3) is 0 Å². The van der Waals surface area contributed by atoms with Gasteiger partial charge in [-0.3, -0.25) is 4.79 Å². The Balaban J connectivity index is 2.05. The van der Waals surface area contributed by atoms with Crippen molar-refractivity contribution in [2.45, 2.75) is 52.5 Å². The number of carboxylic acid groups (broad SMARTS) is 1. The summed E-state index contributed by atoms with van der Waals surface area (Å²) in [6.45, 7) is 6.52. The van der Waals surface area contributed by atoms with Crippen LogP contribution in [0.25, 0.3) is 0 Å². The Morgan fingerprint density at radius 1 is 0.967 bits per heavy atom. The molecule has 30 heavy (non-hydrogen) atoms. The summed E-state index contributed by atoms with van der Waals surface area (Å²) in [6.07, 6.45) is -4.19. The van der Waals surface area contributed by atoms with E-state index in [0.717, 1.165) is 28.8 Å². The first-order valence-electron chi connectivity index (χ1n) is 9.20. The van der Waals surface area contributed by atoms with Crippen LogP contribution in [0.2, 0.25) is 0 Å². The molecule has 2 aromatic rings. The predicted octanol–water partition coefficient (Wildman–Crippen LogP) is 5.26. The molecular weight excluding hydrogens is 401 g/mol. The van der Waals surface area contributed by atoms with Gasteiger partial charge >= 0.3 is 12.3 Å². The Morgan fingerprint density at radius 2 is 1.50 bits per heavy atom. The summed E-state index contributed by atoms with van der Waals surface area (Å²) >= 11 is 0. The van der Waals surface area contributed by atoms with E-state index in [0.29, 0.717) is 17.7 Å². The zero-order valence-electron chi connectivity index (χ0n) is 17.1. The van der Waals surface area contributed by atoms with E-state index in [9.17, 15) is 27.9 Å². The SMILES string of the molecule is Cc1cc(CCC(=O)c2ccc(OC(F)(F)F)cc2)cc(C)c1OC(C)(C)C(=O)O. The average molecular weight is 424 g/mol. The van der Waals surface area contributed by atoms with Crippen LogP contribution in [0.1, 0.15) is 47.3 Å². The lowest BCUT2D eigenvalue weighted by molar-refractivity contribution is -0.274. The number of ether oxygens (including phenoxy) is 2. The van der Waals surface area contributed by atoms with Crippen LogP contribution in [-0.4, -0.2) is 28.8 Å². The topological polar surface area (TPSA) is 72.8 Å². The van der Waals surface area contributed by atoms with Gasteiger partial charge < -0.3 is 14.6 Å². The highest BCUT2D eigenvalue weighted by molar-refractivity contribution is 5.96. The molecule has 8 heteroatoms. The van der Waals surface area contributed by atoms with Crippen molar-refractivity contribution < 1.29 is 37.3 Å². The molecule has 0 saturated heterocycles. The maximum atomic E-state index is 12.4. The molecule has 5 nitrogen and oxygen atoms in total. The van der Waals surface area contributed by atoms with Gasteiger partial charge in [0.05, 0.1) is 0 Å². The maximum Gasteiger partial charge on any atom is 0.573 e. The minimum Gasteiger partial charge on any atom is -0.478 e. The molecule has 0 aliphatic rings. The van der Waals surface area contributed by atoms with Gasteiger partial charge in [0.15, 0.2) is 11.4 Å². The number of Topliss-reactive ketones (excluding diaryl/α,β-unsaturated/α-hetero) is 1. The van der Waals surface area contributed by atoms with Crippen molar-refractivity contribution in [2.75, 3.05) is 0 Å². The summed E-state index contributed by atoms with van der Waals surface area (Å²) < 4.78 is 46.1. The second-order valence-corrected chi connectivity index (χ2v) is 7.47. The number of hydrogen-bond acceptors (Lipinski definition) is 4. The monoisotopic (exact) mass is 424 g/mol. The van der Waals surface area contributed by atoms with Crippen LogP contribution in [-0.2, 0) is 11.2 Å². The van der Waals surface area contributed by atoms with Crippen molar-refractivity contribution in [2.24, 2.45) is 0 Å². The fourth-order valence-corrected chi connectivity index (χ4v) is 2.89. The molecular formula is C22H23F3O5. The first-order valence-corrected chi connectivity index (χ1v) is 9.20. The van der Waals surface area contributed by atoms with Crippen LogP contribution < -0.4 is 9.47 Å². The third-order valence-corrected chi connectivity index (χ3v) is 4.44. The lowest BCUT2D eigenvalue weighted by Gasteiger charge is -2.24. The molecule has 162 valence electrons. The number of aliphatic carboxylic acids is 1. The van der Waals surface area contributed by atoms with Crippen molar-refractivity contribution in [3.8, 4) is 11.5 Å². The van der Waals surface area contributed by atoms with Gasteiger partial charge in [-0.15, -0.1) is 13.2 Å². The predicted molar refractivity (Wildman–Crippen MR) is 104 cm³/mol. The number of alkyl halides is 3. The van der Waals surface area contributed by atoms with Crippen LogP contribution >= 0.6 is 0 Å². The molecule has 0 aromatic heterocycles. The highest BCUT2D eigenvalue weighted by atomic mass is 19.4. The Kier molecular flexibility index (Phi) is 6.80. The Labute approximate surface area is 172 Å². The molecule has 0 bridgehead atoms. The molecule has 0 atom stereocenters. The molecule has 0 fully saturated rings. The van der Waals surface area contributed by atoms with Gasteiger partial charge in [0, 0.05) is 12.0 Å². The van der Waals surface area contributed by atoms with E-state index in [1.807, 2.05) is 12.1 Å². The molecule has 0 heterocycles. The van der Waals surface area contributed by atoms with Gasteiger partial charge in [-0.25, -0.2) is 4.79 Å². The minimum atomic E-state index is -4.78. The highest BCUT2D eigenvalue weighted by Crippen LogP contribution is 2.29. The molecule has 0 amide bonds. The second-order valence-electron chi connectivity index (χ2n) is 7.47. The quantitative estimate of drug-likeness (QED) is 0.585. The van der Waals surface area contributed by atoms with Gasteiger partial charge in [-0.05, 0) is 75.1 Å². The summed E-state index contributed by atoms with van der Waals surface area (Å²) in [6, 6.07) is 8.45. The number of carbonyl (C=O) groups excluding carboxylic acids is 1. The van der Waals surface area contributed by atoms with Gasteiger partial charge in [-0.2, -0.15) is 0 Å². The molecule has 2 aromatic carbocycles. The van der Waals surface area contributed by atoms with E-state index in [2.05, 4.69) is 4.74 Å². The lowest BCUT2D eigenvalue weighted by atomic mass is 9.98. The normalized spacial score (nSPS) is 11.8. The average Bonchev–Trinajstić information content (AvgIpc) is 2.62. The van der Waals surface area contributed by atoms with E-state index < -0.39 is 17.9 Å². The Morgan fingerprint density at radius 3 is 1.97 bits per heavy atom. The smallest absolute Gasteiger partial charge is 0.478 e. The van der Waals surface area contributed by atoms with Gasteiger partial charge in [-0.1, -0.05) is 12.1 Å². The summed E-state index contributed by atoms with van der Waals surface area (Å²) in [7, 11) is 0. The molecule has 0 spiro atoms. The van der Waals surface area contributed by atoms with Crippen LogP contribution in [0, 0.1) is 13.8 Å². The number of carbonyl (C=O) groups is 2. The molecule has 0 aliphatic heterocycles. The standard InChI is InChI=1S/C22H23F3O5/c1-13-11-15(12-14(2)19(13)30-21(3,4)20(27)28)5-10-18(26)16-6-8-17(9-7-16)29-22(23,24)25/h6-9,11-12H,5,10H2,1-4H3,(H,27,28). The van der Waals surface area contributed by atoms with Crippen LogP contribution in [0.4, 0.5) is 13.2 Å². The van der Waals surface area contributed by atoms with E-state index in [-0.39, 0.29) is 18.0 Å². The minimum absolute atomic E-state index is 0.166.